The molecule has 1 aromatic heterocycles. The second kappa shape index (κ2) is 6.87. The Labute approximate surface area is 129 Å². The summed E-state index contributed by atoms with van der Waals surface area (Å²) in [5.41, 5.74) is 0. The molecule has 1 aliphatic heterocycles. The Morgan fingerprint density at radius 1 is 1.48 bits per heavy atom. The van der Waals surface area contributed by atoms with Crippen molar-refractivity contribution < 1.29 is 18.3 Å². The van der Waals surface area contributed by atoms with Crippen molar-refractivity contribution in [1.29, 1.82) is 0 Å². The molecule has 8 heteroatoms. The van der Waals surface area contributed by atoms with E-state index in [9.17, 15) is 13.2 Å². The molecule has 0 atom stereocenters. The first-order valence-corrected chi connectivity index (χ1v) is 9.23. The SMILES string of the molecule is CCN(Cc1cccs1)S(=O)(=O)N1CCC(C(=O)O)CC1. The predicted molar refractivity (Wildman–Crippen MR) is 81.3 cm³/mol. The molecule has 0 spiro atoms. The summed E-state index contributed by atoms with van der Waals surface area (Å²) in [4.78, 5) is 11.9. The summed E-state index contributed by atoms with van der Waals surface area (Å²) in [6.07, 6.45) is 0.760. The lowest BCUT2D eigenvalue weighted by Gasteiger charge is -2.33. The minimum absolute atomic E-state index is 0.278. The number of nitrogens with zero attached hydrogens (tertiary/aromatic N) is 2. The number of aliphatic carboxylic acids is 1. The first-order chi connectivity index (χ1) is 9.95. The van der Waals surface area contributed by atoms with Gasteiger partial charge in [-0.15, -0.1) is 11.3 Å². The van der Waals surface area contributed by atoms with Crippen LogP contribution in [0.3, 0.4) is 0 Å². The van der Waals surface area contributed by atoms with Gasteiger partial charge in [-0.25, -0.2) is 0 Å². The first kappa shape index (κ1) is 16.4. The number of carboxylic acids is 1. The van der Waals surface area contributed by atoms with Crippen LogP contribution in [0.5, 0.6) is 0 Å². The Bertz CT molecular complexity index is 563. The van der Waals surface area contributed by atoms with Crippen LogP contribution in [-0.4, -0.2) is 47.7 Å². The van der Waals surface area contributed by atoms with Crippen LogP contribution in [0.2, 0.25) is 0 Å². The Balaban J connectivity index is 2.04. The minimum Gasteiger partial charge on any atom is -0.481 e. The summed E-state index contributed by atoms with van der Waals surface area (Å²) < 4.78 is 28.1. The van der Waals surface area contributed by atoms with Gasteiger partial charge in [-0.05, 0) is 24.3 Å². The molecule has 0 radical (unpaired) electrons. The highest BCUT2D eigenvalue weighted by molar-refractivity contribution is 7.86. The van der Waals surface area contributed by atoms with Crippen molar-refractivity contribution in [2.45, 2.75) is 26.3 Å². The lowest BCUT2D eigenvalue weighted by molar-refractivity contribution is -0.142. The highest BCUT2D eigenvalue weighted by atomic mass is 32.2. The Morgan fingerprint density at radius 2 is 2.14 bits per heavy atom. The number of hydrogen-bond acceptors (Lipinski definition) is 4. The molecular weight excluding hydrogens is 312 g/mol. The van der Waals surface area contributed by atoms with Gasteiger partial charge in [0.05, 0.1) is 5.92 Å². The van der Waals surface area contributed by atoms with Crippen LogP contribution in [0.15, 0.2) is 17.5 Å². The van der Waals surface area contributed by atoms with Gasteiger partial charge < -0.3 is 5.11 Å². The molecule has 118 valence electrons. The molecule has 1 saturated heterocycles. The van der Waals surface area contributed by atoms with Gasteiger partial charge in [0.2, 0.25) is 0 Å². The van der Waals surface area contributed by atoms with Crippen molar-refractivity contribution >= 4 is 27.5 Å². The van der Waals surface area contributed by atoms with Crippen molar-refractivity contribution in [1.82, 2.24) is 8.61 Å². The standard InChI is InChI=1S/C13H20N2O4S2/c1-2-14(10-12-4-3-9-20-12)21(18,19)15-7-5-11(6-8-15)13(16)17/h3-4,9,11H,2,5-8,10H2,1H3,(H,16,17). The maximum atomic E-state index is 12.6. The van der Waals surface area contributed by atoms with Crippen molar-refractivity contribution in [3.8, 4) is 0 Å². The zero-order valence-electron chi connectivity index (χ0n) is 11.9. The number of thiophene rings is 1. The van der Waals surface area contributed by atoms with Crippen LogP contribution in [0.4, 0.5) is 0 Å². The second-order valence-electron chi connectivity index (χ2n) is 5.02. The van der Waals surface area contributed by atoms with E-state index in [0.717, 1.165) is 4.88 Å². The summed E-state index contributed by atoms with van der Waals surface area (Å²) in [5.74, 6) is -1.26. The fraction of sp³-hybridized carbons (Fsp3) is 0.615. The molecule has 2 rings (SSSR count). The third-order valence-corrected chi connectivity index (χ3v) is 6.64. The number of carbonyl (C=O) groups is 1. The van der Waals surface area contributed by atoms with E-state index >= 15 is 0 Å². The summed E-state index contributed by atoms with van der Waals surface area (Å²) in [6.45, 7) is 3.14. The van der Waals surface area contributed by atoms with Crippen molar-refractivity contribution in [2.75, 3.05) is 19.6 Å². The highest BCUT2D eigenvalue weighted by Crippen LogP contribution is 2.23. The number of piperidine rings is 1. The molecule has 1 aromatic rings. The lowest BCUT2D eigenvalue weighted by atomic mass is 9.99. The molecule has 2 heterocycles. The van der Waals surface area contributed by atoms with E-state index in [1.807, 2.05) is 24.4 Å². The predicted octanol–water partition coefficient (Wildman–Crippen LogP) is 1.61. The van der Waals surface area contributed by atoms with Crippen molar-refractivity contribution in [2.24, 2.45) is 5.92 Å². The molecule has 21 heavy (non-hydrogen) atoms. The van der Waals surface area contributed by atoms with Crippen LogP contribution >= 0.6 is 11.3 Å². The summed E-state index contributed by atoms with van der Waals surface area (Å²) in [7, 11) is -3.52. The fourth-order valence-electron chi connectivity index (χ4n) is 2.43. The fourth-order valence-corrected chi connectivity index (χ4v) is 4.86. The molecule has 0 aliphatic carbocycles. The Morgan fingerprint density at radius 3 is 2.62 bits per heavy atom. The third kappa shape index (κ3) is 3.82. The van der Waals surface area contributed by atoms with Crippen LogP contribution in [0.25, 0.3) is 0 Å². The minimum atomic E-state index is -3.52. The molecule has 0 amide bonds. The van der Waals surface area contributed by atoms with E-state index in [0.29, 0.717) is 25.9 Å². The summed E-state index contributed by atoms with van der Waals surface area (Å²) in [5, 5.41) is 10.9. The van der Waals surface area contributed by atoms with Gasteiger partial charge in [-0.3, -0.25) is 4.79 Å². The van der Waals surface area contributed by atoms with Gasteiger partial charge in [0.25, 0.3) is 10.2 Å². The van der Waals surface area contributed by atoms with Crippen LogP contribution in [0.1, 0.15) is 24.6 Å². The third-order valence-electron chi connectivity index (χ3n) is 3.72. The summed E-state index contributed by atoms with van der Waals surface area (Å²) in [6, 6.07) is 3.82. The van der Waals surface area contributed by atoms with Gasteiger partial charge in [0.1, 0.15) is 0 Å². The van der Waals surface area contributed by atoms with Gasteiger partial charge in [-0.2, -0.15) is 17.0 Å². The quantitative estimate of drug-likeness (QED) is 0.858. The van der Waals surface area contributed by atoms with E-state index in [-0.39, 0.29) is 13.1 Å². The van der Waals surface area contributed by atoms with Gasteiger partial charge >= 0.3 is 5.97 Å². The van der Waals surface area contributed by atoms with Gasteiger partial charge in [0, 0.05) is 31.1 Å². The van der Waals surface area contributed by atoms with Gasteiger partial charge in [-0.1, -0.05) is 13.0 Å². The zero-order chi connectivity index (χ0) is 15.5. The zero-order valence-corrected chi connectivity index (χ0v) is 13.6. The normalized spacial score (nSPS) is 18.2. The molecule has 1 fully saturated rings. The topological polar surface area (TPSA) is 77.9 Å². The molecule has 0 aromatic carbocycles. The van der Waals surface area contributed by atoms with E-state index in [2.05, 4.69) is 0 Å². The molecule has 1 aliphatic rings. The monoisotopic (exact) mass is 332 g/mol. The van der Waals surface area contributed by atoms with Crippen molar-refractivity contribution in [3.05, 3.63) is 22.4 Å². The number of hydrogen-bond donors (Lipinski definition) is 1. The summed E-state index contributed by atoms with van der Waals surface area (Å²) >= 11 is 1.53. The molecule has 0 saturated carbocycles. The molecule has 0 unspecified atom stereocenters. The van der Waals surface area contributed by atoms with E-state index < -0.39 is 22.1 Å². The number of rotatable bonds is 6. The molecule has 1 N–H and O–H groups in total. The largest absolute Gasteiger partial charge is 0.481 e. The van der Waals surface area contributed by atoms with Crippen LogP contribution in [0, 0.1) is 5.92 Å². The highest BCUT2D eigenvalue weighted by Gasteiger charge is 2.34. The van der Waals surface area contributed by atoms with E-state index in [1.165, 1.54) is 19.9 Å². The average molecular weight is 332 g/mol. The molecule has 6 nitrogen and oxygen atoms in total. The van der Waals surface area contributed by atoms with Crippen LogP contribution < -0.4 is 0 Å². The average Bonchev–Trinajstić information content (AvgIpc) is 2.97. The molecule has 0 bridgehead atoms. The Hall–Kier alpha value is -0.960. The maximum absolute atomic E-state index is 12.6. The van der Waals surface area contributed by atoms with E-state index in [1.54, 1.807) is 0 Å². The smallest absolute Gasteiger partial charge is 0.306 e. The number of carboxylic acid groups (broad SMARTS) is 1. The lowest BCUT2D eigenvalue weighted by Crippen LogP contribution is -2.47. The maximum Gasteiger partial charge on any atom is 0.306 e. The second-order valence-corrected chi connectivity index (χ2v) is 7.99. The van der Waals surface area contributed by atoms with Crippen molar-refractivity contribution in [3.63, 3.8) is 0 Å². The van der Waals surface area contributed by atoms with Crippen LogP contribution in [-0.2, 0) is 21.5 Å². The molecular formula is C13H20N2O4S2. The Kier molecular flexibility index (Phi) is 5.37. The first-order valence-electron chi connectivity index (χ1n) is 6.95. The van der Waals surface area contributed by atoms with Gasteiger partial charge in [0.15, 0.2) is 0 Å². The van der Waals surface area contributed by atoms with E-state index in [4.69, 9.17) is 5.11 Å².